The largest absolute Gasteiger partial charge is 0.330 e. The Balaban J connectivity index is 1.70. The molecule has 0 spiro atoms. The molecule has 1 amide bonds. The molecule has 0 bridgehead atoms. The molecule has 6 nitrogen and oxygen atoms in total. The molecule has 1 fully saturated rings. The van der Waals surface area contributed by atoms with Gasteiger partial charge in [-0.1, -0.05) is 31.4 Å². The standard InChI is InChI=1S/C22H24N4O2/c1-15-7-8-16-12-17(21(27)25-19(16)11-15)14-26(18-5-3-2-4-6-18)22(28)20-13-23-9-10-24-20/h7-13,18H,2-6,14H2,1H3,(H,25,27). The quantitative estimate of drug-likeness (QED) is 0.754. The predicted octanol–water partition coefficient (Wildman–Crippen LogP) is 3.60. The van der Waals surface area contributed by atoms with Crippen molar-refractivity contribution in [2.75, 3.05) is 0 Å². The van der Waals surface area contributed by atoms with Crippen LogP contribution in [0.5, 0.6) is 0 Å². The third kappa shape index (κ3) is 3.81. The van der Waals surface area contributed by atoms with Crippen molar-refractivity contribution in [1.82, 2.24) is 19.9 Å². The van der Waals surface area contributed by atoms with Crippen molar-refractivity contribution in [2.45, 2.75) is 51.6 Å². The van der Waals surface area contributed by atoms with E-state index in [0.29, 0.717) is 11.3 Å². The van der Waals surface area contributed by atoms with Gasteiger partial charge in [-0.2, -0.15) is 0 Å². The highest BCUT2D eigenvalue weighted by molar-refractivity contribution is 5.92. The number of carbonyl (C=O) groups is 1. The van der Waals surface area contributed by atoms with Crippen molar-refractivity contribution in [1.29, 1.82) is 0 Å². The van der Waals surface area contributed by atoms with E-state index in [2.05, 4.69) is 15.0 Å². The topological polar surface area (TPSA) is 79.0 Å². The number of fused-ring (bicyclic) bond motifs is 1. The number of hydrogen-bond acceptors (Lipinski definition) is 4. The second-order valence-electron chi connectivity index (χ2n) is 7.53. The van der Waals surface area contributed by atoms with Gasteiger partial charge in [0.25, 0.3) is 11.5 Å². The van der Waals surface area contributed by atoms with Gasteiger partial charge in [-0.25, -0.2) is 4.98 Å². The minimum Gasteiger partial charge on any atom is -0.330 e. The number of aromatic amines is 1. The van der Waals surface area contributed by atoms with E-state index in [0.717, 1.165) is 42.1 Å². The molecular weight excluding hydrogens is 352 g/mol. The molecular formula is C22H24N4O2. The van der Waals surface area contributed by atoms with Crippen LogP contribution in [0.3, 0.4) is 0 Å². The molecule has 28 heavy (non-hydrogen) atoms. The first-order valence-corrected chi connectivity index (χ1v) is 9.81. The lowest BCUT2D eigenvalue weighted by atomic mass is 9.93. The Bertz CT molecular complexity index is 1040. The smallest absolute Gasteiger partial charge is 0.274 e. The molecule has 144 valence electrons. The molecule has 4 rings (SSSR count). The van der Waals surface area contributed by atoms with Gasteiger partial charge >= 0.3 is 0 Å². The SMILES string of the molecule is Cc1ccc2cc(CN(C(=O)c3cnccn3)C3CCCCC3)c(=O)[nH]c2c1. The third-order valence-electron chi connectivity index (χ3n) is 5.48. The van der Waals surface area contributed by atoms with Crippen LogP contribution in [0.25, 0.3) is 10.9 Å². The van der Waals surface area contributed by atoms with Gasteiger partial charge in [0.05, 0.1) is 12.7 Å². The van der Waals surface area contributed by atoms with E-state index in [9.17, 15) is 9.59 Å². The lowest BCUT2D eigenvalue weighted by molar-refractivity contribution is 0.0607. The number of H-pyrrole nitrogens is 1. The fourth-order valence-corrected chi connectivity index (χ4v) is 3.98. The summed E-state index contributed by atoms with van der Waals surface area (Å²) in [4.78, 5) is 38.9. The molecule has 0 unspecified atom stereocenters. The van der Waals surface area contributed by atoms with Crippen LogP contribution < -0.4 is 5.56 Å². The van der Waals surface area contributed by atoms with Crippen LogP contribution in [0.15, 0.2) is 47.7 Å². The molecule has 0 aliphatic heterocycles. The van der Waals surface area contributed by atoms with Gasteiger partial charge in [0.2, 0.25) is 0 Å². The summed E-state index contributed by atoms with van der Waals surface area (Å²) in [5.74, 6) is -0.164. The monoisotopic (exact) mass is 376 g/mol. The van der Waals surface area contributed by atoms with E-state index < -0.39 is 0 Å². The third-order valence-corrected chi connectivity index (χ3v) is 5.48. The summed E-state index contributed by atoms with van der Waals surface area (Å²) in [5.41, 5.74) is 2.68. The summed E-state index contributed by atoms with van der Waals surface area (Å²) in [6, 6.07) is 8.00. The lowest BCUT2D eigenvalue weighted by Crippen LogP contribution is -2.42. The van der Waals surface area contributed by atoms with E-state index in [1.165, 1.54) is 18.8 Å². The summed E-state index contributed by atoms with van der Waals surface area (Å²) in [6.07, 6.45) is 9.87. The molecule has 3 aromatic rings. The number of rotatable bonds is 4. The first-order valence-electron chi connectivity index (χ1n) is 9.81. The molecule has 1 aliphatic carbocycles. The van der Waals surface area contributed by atoms with Gasteiger partial charge in [-0.15, -0.1) is 0 Å². The number of benzene rings is 1. The van der Waals surface area contributed by atoms with Gasteiger partial charge < -0.3 is 9.88 Å². The molecule has 1 aromatic carbocycles. The minimum absolute atomic E-state index is 0.122. The summed E-state index contributed by atoms with van der Waals surface area (Å²) in [7, 11) is 0. The van der Waals surface area contributed by atoms with E-state index in [1.807, 2.05) is 36.1 Å². The number of hydrogen-bond donors (Lipinski definition) is 1. The Kier molecular flexibility index (Phi) is 5.19. The Labute approximate surface area is 163 Å². The van der Waals surface area contributed by atoms with E-state index >= 15 is 0 Å². The van der Waals surface area contributed by atoms with Crippen LogP contribution in [0, 0.1) is 6.92 Å². The highest BCUT2D eigenvalue weighted by atomic mass is 16.2. The molecule has 1 aliphatic rings. The average Bonchev–Trinajstić information content (AvgIpc) is 2.73. The zero-order valence-electron chi connectivity index (χ0n) is 16.0. The van der Waals surface area contributed by atoms with Gasteiger partial charge in [0.15, 0.2) is 0 Å². The van der Waals surface area contributed by atoms with Crippen LogP contribution in [-0.2, 0) is 6.54 Å². The van der Waals surface area contributed by atoms with Gasteiger partial charge in [0, 0.05) is 29.5 Å². The van der Waals surface area contributed by atoms with Crippen molar-refractivity contribution >= 4 is 16.8 Å². The highest BCUT2D eigenvalue weighted by Crippen LogP contribution is 2.25. The Morgan fingerprint density at radius 3 is 2.75 bits per heavy atom. The normalized spacial score (nSPS) is 14.9. The maximum Gasteiger partial charge on any atom is 0.274 e. The molecule has 6 heteroatoms. The summed E-state index contributed by atoms with van der Waals surface area (Å²) >= 11 is 0. The Morgan fingerprint density at radius 2 is 2.00 bits per heavy atom. The maximum atomic E-state index is 13.2. The van der Waals surface area contributed by atoms with Crippen molar-refractivity contribution in [2.24, 2.45) is 0 Å². The van der Waals surface area contributed by atoms with Crippen LogP contribution in [0.4, 0.5) is 0 Å². The molecule has 2 aromatic heterocycles. The highest BCUT2D eigenvalue weighted by Gasteiger charge is 2.28. The number of amides is 1. The molecule has 1 saturated carbocycles. The van der Waals surface area contributed by atoms with E-state index in [4.69, 9.17) is 0 Å². The van der Waals surface area contributed by atoms with Crippen molar-refractivity contribution in [3.63, 3.8) is 0 Å². The number of aryl methyl sites for hydroxylation is 1. The minimum atomic E-state index is -0.164. The number of nitrogens with one attached hydrogen (secondary N) is 1. The number of pyridine rings is 1. The van der Waals surface area contributed by atoms with Crippen molar-refractivity contribution in [3.8, 4) is 0 Å². The number of nitrogens with zero attached hydrogens (tertiary/aromatic N) is 3. The van der Waals surface area contributed by atoms with Gasteiger partial charge in [0.1, 0.15) is 5.69 Å². The zero-order valence-corrected chi connectivity index (χ0v) is 16.0. The van der Waals surface area contributed by atoms with Crippen molar-refractivity contribution in [3.05, 3.63) is 70.0 Å². The molecule has 0 radical (unpaired) electrons. The maximum absolute atomic E-state index is 13.2. The fourth-order valence-electron chi connectivity index (χ4n) is 3.98. The van der Waals surface area contributed by atoms with Gasteiger partial charge in [-0.05, 0) is 42.8 Å². The lowest BCUT2D eigenvalue weighted by Gasteiger charge is -2.34. The zero-order chi connectivity index (χ0) is 19.5. The van der Waals surface area contributed by atoms with Gasteiger partial charge in [-0.3, -0.25) is 14.6 Å². The molecule has 0 atom stereocenters. The number of aromatic nitrogens is 3. The summed E-state index contributed by atoms with van der Waals surface area (Å²) < 4.78 is 0. The van der Waals surface area contributed by atoms with Crippen LogP contribution in [-0.4, -0.2) is 31.8 Å². The number of carbonyl (C=O) groups excluding carboxylic acids is 1. The summed E-state index contributed by atoms with van der Waals surface area (Å²) in [6.45, 7) is 2.27. The molecule has 2 heterocycles. The first-order chi connectivity index (χ1) is 13.6. The fraction of sp³-hybridized carbons (Fsp3) is 0.364. The van der Waals surface area contributed by atoms with Crippen LogP contribution in [0.1, 0.15) is 53.7 Å². The van der Waals surface area contributed by atoms with Crippen molar-refractivity contribution < 1.29 is 4.79 Å². The molecule has 1 N–H and O–H groups in total. The van der Waals surface area contributed by atoms with E-state index in [1.54, 1.807) is 6.20 Å². The molecule has 0 saturated heterocycles. The van der Waals surface area contributed by atoms with Crippen LogP contribution in [0.2, 0.25) is 0 Å². The second kappa shape index (κ2) is 7.92. The Hall–Kier alpha value is -3.02. The second-order valence-corrected chi connectivity index (χ2v) is 7.53. The Morgan fingerprint density at radius 1 is 1.18 bits per heavy atom. The average molecular weight is 376 g/mol. The van der Waals surface area contributed by atoms with E-state index in [-0.39, 0.29) is 24.1 Å². The summed E-state index contributed by atoms with van der Waals surface area (Å²) in [5, 5.41) is 0.968. The first kappa shape index (κ1) is 18.3. The van der Waals surface area contributed by atoms with Crippen LogP contribution >= 0.6 is 0 Å². The predicted molar refractivity (Wildman–Crippen MR) is 108 cm³/mol.